The van der Waals surface area contributed by atoms with E-state index < -0.39 is 11.4 Å². The Morgan fingerprint density at radius 1 is 1.56 bits per heavy atom. The van der Waals surface area contributed by atoms with Crippen LogP contribution in [0.3, 0.4) is 0 Å². The molecule has 0 saturated heterocycles. The molecule has 1 aromatic carbocycles. The number of hydrogen-bond acceptors (Lipinski definition) is 2. The van der Waals surface area contributed by atoms with Crippen molar-refractivity contribution in [3.05, 3.63) is 34.6 Å². The Labute approximate surface area is 99.2 Å². The summed E-state index contributed by atoms with van der Waals surface area (Å²) < 4.78 is 13.6. The number of halogens is 2. The van der Waals surface area contributed by atoms with Gasteiger partial charge in [-0.3, -0.25) is 0 Å². The van der Waals surface area contributed by atoms with Crippen LogP contribution in [-0.2, 0) is 6.42 Å². The van der Waals surface area contributed by atoms with Crippen molar-refractivity contribution in [2.75, 3.05) is 0 Å². The minimum atomic E-state index is -0.870. The molecule has 0 spiro atoms. The lowest BCUT2D eigenvalue weighted by Crippen LogP contribution is -2.30. The molecule has 0 aromatic heterocycles. The Morgan fingerprint density at radius 2 is 2.31 bits per heavy atom. The van der Waals surface area contributed by atoms with E-state index in [-0.39, 0.29) is 17.5 Å². The average molecular weight is 244 g/mol. The minimum Gasteiger partial charge on any atom is -0.389 e. The number of benzene rings is 1. The average Bonchev–Trinajstić information content (AvgIpc) is 2.54. The highest BCUT2D eigenvalue weighted by molar-refractivity contribution is 6.30. The zero-order chi connectivity index (χ0) is 11.8. The van der Waals surface area contributed by atoms with E-state index in [0.29, 0.717) is 18.4 Å². The van der Waals surface area contributed by atoms with Gasteiger partial charge < -0.3 is 10.8 Å². The van der Waals surface area contributed by atoms with Gasteiger partial charge in [-0.25, -0.2) is 4.39 Å². The molecular weight excluding hydrogens is 229 g/mol. The molecular formula is C12H15ClFNO. The second kappa shape index (κ2) is 4.32. The third kappa shape index (κ3) is 2.37. The van der Waals surface area contributed by atoms with Crippen LogP contribution < -0.4 is 5.73 Å². The predicted octanol–water partition coefficient (Wildman–Crippen LogP) is 2.26. The quantitative estimate of drug-likeness (QED) is 0.837. The number of rotatable bonds is 2. The van der Waals surface area contributed by atoms with E-state index >= 15 is 0 Å². The van der Waals surface area contributed by atoms with E-state index in [1.165, 1.54) is 6.07 Å². The van der Waals surface area contributed by atoms with Crippen molar-refractivity contribution in [1.82, 2.24) is 0 Å². The molecule has 1 saturated carbocycles. The Balaban J connectivity index is 2.18. The maximum atomic E-state index is 13.6. The standard InChI is InChI=1S/C12H15ClFNO/c13-10-3-1-2-8(11(10)14)6-12(16)5-4-9(15)7-12/h1-3,9,16H,4-7,15H2. The molecule has 0 amide bonds. The first-order chi connectivity index (χ1) is 7.50. The van der Waals surface area contributed by atoms with Crippen molar-refractivity contribution in [3.8, 4) is 0 Å². The van der Waals surface area contributed by atoms with Crippen LogP contribution in [0.4, 0.5) is 4.39 Å². The molecule has 0 aliphatic heterocycles. The molecule has 0 bridgehead atoms. The summed E-state index contributed by atoms with van der Waals surface area (Å²) in [4.78, 5) is 0. The zero-order valence-electron chi connectivity index (χ0n) is 8.92. The molecule has 0 radical (unpaired) electrons. The largest absolute Gasteiger partial charge is 0.389 e. The van der Waals surface area contributed by atoms with E-state index in [2.05, 4.69) is 0 Å². The van der Waals surface area contributed by atoms with Gasteiger partial charge in [-0.05, 0) is 30.9 Å². The van der Waals surface area contributed by atoms with Gasteiger partial charge in [0.1, 0.15) is 5.82 Å². The number of nitrogens with two attached hydrogens (primary N) is 1. The summed E-state index contributed by atoms with van der Waals surface area (Å²) in [7, 11) is 0. The Kier molecular flexibility index (Phi) is 3.19. The highest BCUT2D eigenvalue weighted by atomic mass is 35.5. The molecule has 2 unspecified atom stereocenters. The molecule has 2 rings (SSSR count). The van der Waals surface area contributed by atoms with Gasteiger partial charge in [0.2, 0.25) is 0 Å². The van der Waals surface area contributed by atoms with Gasteiger partial charge in [-0.2, -0.15) is 0 Å². The first kappa shape index (κ1) is 11.8. The van der Waals surface area contributed by atoms with Crippen molar-refractivity contribution >= 4 is 11.6 Å². The van der Waals surface area contributed by atoms with Gasteiger partial charge in [0.05, 0.1) is 10.6 Å². The normalized spacial score (nSPS) is 29.6. The molecule has 2 atom stereocenters. The third-order valence-corrected chi connectivity index (χ3v) is 3.47. The lowest BCUT2D eigenvalue weighted by molar-refractivity contribution is 0.0460. The molecule has 4 heteroatoms. The van der Waals surface area contributed by atoms with Crippen molar-refractivity contribution in [3.63, 3.8) is 0 Å². The van der Waals surface area contributed by atoms with E-state index in [9.17, 15) is 9.50 Å². The monoisotopic (exact) mass is 243 g/mol. The fourth-order valence-corrected chi connectivity index (χ4v) is 2.54. The van der Waals surface area contributed by atoms with Crippen LogP contribution in [0.1, 0.15) is 24.8 Å². The summed E-state index contributed by atoms with van der Waals surface area (Å²) in [5, 5.41) is 10.3. The summed E-state index contributed by atoms with van der Waals surface area (Å²) in [6.07, 6.45) is 2.23. The molecule has 2 nitrogen and oxygen atoms in total. The molecule has 1 fully saturated rings. The highest BCUT2D eigenvalue weighted by Gasteiger charge is 2.36. The maximum Gasteiger partial charge on any atom is 0.145 e. The topological polar surface area (TPSA) is 46.2 Å². The molecule has 1 aromatic rings. The lowest BCUT2D eigenvalue weighted by Gasteiger charge is -2.22. The zero-order valence-corrected chi connectivity index (χ0v) is 9.67. The smallest absolute Gasteiger partial charge is 0.145 e. The lowest BCUT2D eigenvalue weighted by atomic mass is 9.92. The van der Waals surface area contributed by atoms with Gasteiger partial charge in [0, 0.05) is 12.5 Å². The minimum absolute atomic E-state index is 0.0206. The molecule has 3 N–H and O–H groups in total. The first-order valence-corrected chi connectivity index (χ1v) is 5.79. The summed E-state index contributed by atoms with van der Waals surface area (Å²) in [6, 6.07) is 4.87. The van der Waals surface area contributed by atoms with Gasteiger partial charge in [-0.15, -0.1) is 0 Å². The van der Waals surface area contributed by atoms with Crippen molar-refractivity contribution in [2.24, 2.45) is 5.73 Å². The molecule has 1 aliphatic rings. The molecule has 88 valence electrons. The van der Waals surface area contributed by atoms with Gasteiger partial charge in [0.25, 0.3) is 0 Å². The highest BCUT2D eigenvalue weighted by Crippen LogP contribution is 2.33. The van der Waals surface area contributed by atoms with E-state index in [0.717, 1.165) is 6.42 Å². The van der Waals surface area contributed by atoms with Crippen LogP contribution in [0, 0.1) is 5.82 Å². The predicted molar refractivity (Wildman–Crippen MR) is 61.9 cm³/mol. The third-order valence-electron chi connectivity index (χ3n) is 3.17. The second-order valence-corrected chi connectivity index (χ2v) is 5.02. The van der Waals surface area contributed by atoms with Crippen LogP contribution >= 0.6 is 11.6 Å². The summed E-state index contributed by atoms with van der Waals surface area (Å²) in [5.74, 6) is -0.432. The van der Waals surface area contributed by atoms with E-state index in [1.807, 2.05) is 0 Å². The van der Waals surface area contributed by atoms with Crippen LogP contribution in [0.25, 0.3) is 0 Å². The Morgan fingerprint density at radius 3 is 2.94 bits per heavy atom. The molecule has 16 heavy (non-hydrogen) atoms. The number of hydrogen-bond donors (Lipinski definition) is 2. The SMILES string of the molecule is NC1CCC(O)(Cc2cccc(Cl)c2F)C1. The van der Waals surface area contributed by atoms with Crippen molar-refractivity contribution in [1.29, 1.82) is 0 Å². The van der Waals surface area contributed by atoms with Crippen molar-refractivity contribution in [2.45, 2.75) is 37.3 Å². The molecule has 0 heterocycles. The maximum absolute atomic E-state index is 13.6. The van der Waals surface area contributed by atoms with Gasteiger partial charge >= 0.3 is 0 Å². The van der Waals surface area contributed by atoms with E-state index in [1.54, 1.807) is 12.1 Å². The van der Waals surface area contributed by atoms with Gasteiger partial charge in [-0.1, -0.05) is 23.7 Å². The molecule has 1 aliphatic carbocycles. The fourth-order valence-electron chi connectivity index (χ4n) is 2.35. The van der Waals surface area contributed by atoms with Crippen LogP contribution in [0.2, 0.25) is 5.02 Å². The number of aliphatic hydroxyl groups is 1. The Hall–Kier alpha value is -0.640. The van der Waals surface area contributed by atoms with Crippen molar-refractivity contribution < 1.29 is 9.50 Å². The fraction of sp³-hybridized carbons (Fsp3) is 0.500. The summed E-state index contributed by atoms with van der Waals surface area (Å²) in [5.41, 5.74) is 5.34. The second-order valence-electron chi connectivity index (χ2n) is 4.62. The van der Waals surface area contributed by atoms with Gasteiger partial charge in [0.15, 0.2) is 0 Å². The van der Waals surface area contributed by atoms with Crippen LogP contribution in [-0.4, -0.2) is 16.7 Å². The Bertz CT molecular complexity index is 399. The van der Waals surface area contributed by atoms with Crippen LogP contribution in [0.5, 0.6) is 0 Å². The summed E-state index contributed by atoms with van der Waals surface area (Å²) >= 11 is 5.69. The van der Waals surface area contributed by atoms with Crippen LogP contribution in [0.15, 0.2) is 18.2 Å². The summed E-state index contributed by atoms with van der Waals surface area (Å²) in [6.45, 7) is 0. The van der Waals surface area contributed by atoms with E-state index in [4.69, 9.17) is 17.3 Å². The first-order valence-electron chi connectivity index (χ1n) is 5.41.